The Balaban J connectivity index is 1.60. The Morgan fingerprint density at radius 1 is 0.921 bits per heavy atom. The van der Waals surface area contributed by atoms with E-state index in [9.17, 15) is 13.2 Å². The van der Waals surface area contributed by atoms with Gasteiger partial charge >= 0.3 is 0 Å². The number of nitrogens with zero attached hydrogens (tertiary/aromatic N) is 3. The second kappa shape index (κ2) is 11.1. The van der Waals surface area contributed by atoms with Crippen molar-refractivity contribution in [2.45, 2.75) is 34.2 Å². The summed E-state index contributed by atoms with van der Waals surface area (Å²) in [5, 5.41) is 4.21. The van der Waals surface area contributed by atoms with Gasteiger partial charge in [0.15, 0.2) is 0 Å². The average molecular weight is 529 g/mol. The summed E-state index contributed by atoms with van der Waals surface area (Å²) in [5.41, 5.74) is 10.3. The average Bonchev–Trinajstić information content (AvgIpc) is 3.15. The molecule has 0 atom stereocenters. The van der Waals surface area contributed by atoms with E-state index in [2.05, 4.69) is 41.1 Å². The second-order valence-corrected chi connectivity index (χ2v) is 11.3. The van der Waals surface area contributed by atoms with Crippen molar-refractivity contribution < 1.29 is 13.2 Å². The lowest BCUT2D eigenvalue weighted by molar-refractivity contribution is 0.0955. The van der Waals surface area contributed by atoms with Gasteiger partial charge in [-0.2, -0.15) is 5.10 Å². The molecule has 0 saturated carbocycles. The van der Waals surface area contributed by atoms with E-state index in [-0.39, 0.29) is 12.1 Å². The van der Waals surface area contributed by atoms with Crippen molar-refractivity contribution in [3.63, 3.8) is 0 Å². The van der Waals surface area contributed by atoms with Crippen LogP contribution in [-0.2, 0) is 16.6 Å². The molecular formula is C30H32N4O3S. The molecule has 0 bridgehead atoms. The normalized spacial score (nSPS) is 11.6. The summed E-state index contributed by atoms with van der Waals surface area (Å²) < 4.78 is 28.8. The van der Waals surface area contributed by atoms with Gasteiger partial charge in [-0.1, -0.05) is 60.7 Å². The minimum atomic E-state index is -3.66. The molecule has 0 fully saturated rings. The van der Waals surface area contributed by atoms with Crippen molar-refractivity contribution >= 4 is 27.8 Å². The first kappa shape index (κ1) is 26.9. The summed E-state index contributed by atoms with van der Waals surface area (Å²) in [7, 11) is -3.66. The molecule has 0 spiro atoms. The summed E-state index contributed by atoms with van der Waals surface area (Å²) >= 11 is 0. The SMILES string of the molecule is Cc1cccc(C)c1-n1c(C)cc(/C=N\NC(=O)c2ccccc2N(Cc2ccccc2)S(C)(=O)=O)c1C. The third kappa shape index (κ3) is 5.70. The van der Waals surface area contributed by atoms with Gasteiger partial charge in [0.25, 0.3) is 5.91 Å². The Kier molecular flexibility index (Phi) is 7.83. The second-order valence-electron chi connectivity index (χ2n) is 9.37. The first-order valence-corrected chi connectivity index (χ1v) is 14.1. The van der Waals surface area contributed by atoms with Gasteiger partial charge in [0.2, 0.25) is 10.0 Å². The number of hydrogen-bond donors (Lipinski definition) is 1. The van der Waals surface area contributed by atoms with Gasteiger partial charge in [-0.05, 0) is 62.6 Å². The van der Waals surface area contributed by atoms with Gasteiger partial charge in [-0.25, -0.2) is 13.8 Å². The fourth-order valence-electron chi connectivity index (χ4n) is 4.65. The number of hydrazone groups is 1. The van der Waals surface area contributed by atoms with E-state index in [0.29, 0.717) is 5.69 Å². The number of anilines is 1. The number of benzene rings is 3. The molecular weight excluding hydrogens is 496 g/mol. The smallest absolute Gasteiger partial charge is 0.273 e. The van der Waals surface area contributed by atoms with Crippen LogP contribution in [0.5, 0.6) is 0 Å². The number of para-hydroxylation sites is 2. The first-order valence-electron chi connectivity index (χ1n) is 12.3. The lowest BCUT2D eigenvalue weighted by Gasteiger charge is -2.24. The number of rotatable bonds is 8. The van der Waals surface area contributed by atoms with Crippen LogP contribution in [-0.4, -0.2) is 31.4 Å². The highest BCUT2D eigenvalue weighted by Crippen LogP contribution is 2.26. The summed E-state index contributed by atoms with van der Waals surface area (Å²) in [5.74, 6) is -0.498. The Hall–Kier alpha value is -4.17. The van der Waals surface area contributed by atoms with Crippen LogP contribution in [0.4, 0.5) is 5.69 Å². The van der Waals surface area contributed by atoms with Crippen molar-refractivity contribution in [2.75, 3.05) is 10.6 Å². The summed E-state index contributed by atoms with van der Waals surface area (Å²) in [6.45, 7) is 8.34. The van der Waals surface area contributed by atoms with Crippen molar-refractivity contribution in [2.24, 2.45) is 5.10 Å². The van der Waals surface area contributed by atoms with Crippen LogP contribution in [0.1, 0.15) is 44.0 Å². The van der Waals surface area contributed by atoms with Crippen molar-refractivity contribution in [3.8, 4) is 5.69 Å². The van der Waals surface area contributed by atoms with Crippen LogP contribution in [0.25, 0.3) is 5.69 Å². The topological polar surface area (TPSA) is 83.8 Å². The fraction of sp³-hybridized carbons (Fsp3) is 0.200. The van der Waals surface area contributed by atoms with Gasteiger partial charge in [0, 0.05) is 17.0 Å². The molecule has 8 heteroatoms. The lowest BCUT2D eigenvalue weighted by atomic mass is 10.1. The molecule has 0 radical (unpaired) electrons. The summed E-state index contributed by atoms with van der Waals surface area (Å²) in [6.07, 6.45) is 2.75. The van der Waals surface area contributed by atoms with Crippen LogP contribution < -0.4 is 9.73 Å². The maximum absolute atomic E-state index is 13.2. The molecule has 0 aliphatic carbocycles. The van der Waals surface area contributed by atoms with E-state index < -0.39 is 15.9 Å². The van der Waals surface area contributed by atoms with Crippen LogP contribution in [0, 0.1) is 27.7 Å². The van der Waals surface area contributed by atoms with Gasteiger partial charge < -0.3 is 4.57 Å². The molecule has 1 aromatic heterocycles. The molecule has 196 valence electrons. The van der Waals surface area contributed by atoms with Crippen molar-refractivity contribution in [1.29, 1.82) is 0 Å². The quantitative estimate of drug-likeness (QED) is 0.244. The van der Waals surface area contributed by atoms with Crippen LogP contribution >= 0.6 is 0 Å². The highest BCUT2D eigenvalue weighted by Gasteiger charge is 2.23. The minimum Gasteiger partial charge on any atom is -0.317 e. The Morgan fingerprint density at radius 2 is 1.55 bits per heavy atom. The third-order valence-electron chi connectivity index (χ3n) is 6.49. The molecule has 0 unspecified atom stereocenters. The molecule has 0 aliphatic heterocycles. The number of hydrogen-bond acceptors (Lipinski definition) is 4. The molecule has 38 heavy (non-hydrogen) atoms. The molecule has 7 nitrogen and oxygen atoms in total. The number of aryl methyl sites for hydroxylation is 3. The largest absolute Gasteiger partial charge is 0.317 e. The van der Waals surface area contributed by atoms with Crippen LogP contribution in [0.15, 0.2) is 84.0 Å². The Bertz CT molecular complexity index is 1590. The van der Waals surface area contributed by atoms with Crippen molar-refractivity contribution in [3.05, 3.63) is 118 Å². The van der Waals surface area contributed by atoms with Crippen LogP contribution in [0.2, 0.25) is 0 Å². The van der Waals surface area contributed by atoms with Crippen LogP contribution in [0.3, 0.4) is 0 Å². The fourth-order valence-corrected chi connectivity index (χ4v) is 5.55. The van der Waals surface area contributed by atoms with E-state index in [1.807, 2.05) is 56.3 Å². The number of carbonyl (C=O) groups excluding carboxylic acids is 1. The van der Waals surface area contributed by atoms with E-state index in [1.165, 1.54) is 15.4 Å². The summed E-state index contributed by atoms with van der Waals surface area (Å²) in [6, 6.07) is 24.1. The van der Waals surface area contributed by atoms with Gasteiger partial charge in [-0.15, -0.1) is 0 Å². The van der Waals surface area contributed by atoms with E-state index >= 15 is 0 Å². The first-order chi connectivity index (χ1) is 18.1. The number of sulfonamides is 1. The maximum Gasteiger partial charge on any atom is 0.273 e. The number of nitrogens with one attached hydrogen (secondary N) is 1. The van der Waals surface area contributed by atoms with Gasteiger partial charge in [-0.3, -0.25) is 9.10 Å². The monoisotopic (exact) mass is 528 g/mol. The zero-order valence-electron chi connectivity index (χ0n) is 22.3. The van der Waals surface area contributed by atoms with E-state index in [1.54, 1.807) is 30.5 Å². The molecule has 4 aromatic rings. The zero-order chi connectivity index (χ0) is 27.4. The number of carbonyl (C=O) groups is 1. The van der Waals surface area contributed by atoms with Gasteiger partial charge in [0.1, 0.15) is 0 Å². The molecule has 0 aliphatic rings. The number of aromatic nitrogens is 1. The molecule has 1 heterocycles. The molecule has 1 N–H and O–H groups in total. The Morgan fingerprint density at radius 3 is 2.21 bits per heavy atom. The highest BCUT2D eigenvalue weighted by atomic mass is 32.2. The van der Waals surface area contributed by atoms with E-state index in [0.717, 1.165) is 34.5 Å². The predicted octanol–water partition coefficient (Wildman–Crippen LogP) is 5.44. The predicted molar refractivity (Wildman–Crippen MR) is 154 cm³/mol. The maximum atomic E-state index is 13.2. The standard InChI is InChI=1S/C30H32N4O3S/c1-21-12-11-13-22(2)29(21)34-23(3)18-26(24(34)4)19-31-32-30(35)27-16-9-10-17-28(27)33(38(5,36)37)20-25-14-7-6-8-15-25/h6-19H,20H2,1-5H3,(H,32,35)/b31-19-. The van der Waals surface area contributed by atoms with E-state index in [4.69, 9.17) is 0 Å². The highest BCUT2D eigenvalue weighted by molar-refractivity contribution is 7.92. The summed E-state index contributed by atoms with van der Waals surface area (Å²) in [4.78, 5) is 13.2. The number of amides is 1. The Labute approximate surface area is 224 Å². The minimum absolute atomic E-state index is 0.109. The molecule has 4 rings (SSSR count). The third-order valence-corrected chi connectivity index (χ3v) is 7.62. The van der Waals surface area contributed by atoms with Gasteiger partial charge in [0.05, 0.1) is 36.0 Å². The molecule has 3 aromatic carbocycles. The zero-order valence-corrected chi connectivity index (χ0v) is 23.1. The van der Waals surface area contributed by atoms with Crippen molar-refractivity contribution in [1.82, 2.24) is 9.99 Å². The molecule has 0 saturated heterocycles. The molecule has 1 amide bonds. The lowest BCUT2D eigenvalue weighted by Crippen LogP contribution is -2.32.